The minimum absolute atomic E-state index is 0.0598. The van der Waals surface area contributed by atoms with Crippen molar-refractivity contribution < 1.29 is 56.8 Å². The van der Waals surface area contributed by atoms with Crippen molar-refractivity contribution >= 4 is 41.4 Å². The van der Waals surface area contributed by atoms with Crippen LogP contribution in [0.1, 0.15) is 17.5 Å². The van der Waals surface area contributed by atoms with Gasteiger partial charge in [0.25, 0.3) is 11.4 Å². The highest BCUT2D eigenvalue weighted by Gasteiger charge is 2.38. The third kappa shape index (κ3) is 13.6. The highest BCUT2D eigenvalue weighted by Crippen LogP contribution is 2.14. The molecule has 46 heavy (non-hydrogen) atoms. The number of hydrogen-bond donors (Lipinski definition) is 5. The predicted octanol–water partition coefficient (Wildman–Crippen LogP) is 2.12. The van der Waals surface area contributed by atoms with Crippen LogP contribution in [0.3, 0.4) is 0 Å². The number of rotatable bonds is 9. The van der Waals surface area contributed by atoms with Gasteiger partial charge in [-0.15, -0.1) is 0 Å². The van der Waals surface area contributed by atoms with Crippen molar-refractivity contribution in [2.24, 2.45) is 4.99 Å². The van der Waals surface area contributed by atoms with Crippen molar-refractivity contribution in [1.29, 1.82) is 0 Å². The Hall–Kier alpha value is -5.86. The Morgan fingerprint density at radius 2 is 1.33 bits per heavy atom. The molecule has 18 nitrogen and oxygen atoms in total. The van der Waals surface area contributed by atoms with E-state index in [1.54, 1.807) is 0 Å². The molecular weight excluding hydrogens is 631 g/mol. The minimum atomic E-state index is -5.08. The summed E-state index contributed by atoms with van der Waals surface area (Å²) in [5.74, 6) is -3.62. The Balaban J connectivity index is 0.000000942. The number of carbonyl (C=O) groups excluding carboxylic acids is 3. The number of benzene rings is 2. The Labute approximate surface area is 256 Å². The molecule has 1 saturated heterocycles. The Morgan fingerprint density at radius 1 is 0.891 bits per heavy atom. The van der Waals surface area contributed by atoms with Gasteiger partial charge in [0.05, 0.1) is 9.85 Å². The van der Waals surface area contributed by atoms with Crippen LogP contribution in [0.4, 0.5) is 34.1 Å². The van der Waals surface area contributed by atoms with E-state index in [9.17, 15) is 47.8 Å². The molecule has 3 rings (SSSR count). The topological polar surface area (TPSA) is 254 Å². The van der Waals surface area contributed by atoms with Crippen LogP contribution >= 0.6 is 0 Å². The minimum Gasteiger partial charge on any atom is -0.475 e. The van der Waals surface area contributed by atoms with Crippen molar-refractivity contribution in [2.45, 2.75) is 31.9 Å². The largest absolute Gasteiger partial charge is 0.490 e. The zero-order chi connectivity index (χ0) is 34.3. The first-order chi connectivity index (χ1) is 21.6. The van der Waals surface area contributed by atoms with Crippen molar-refractivity contribution in [1.82, 2.24) is 21.3 Å². The number of nitrogens with one attached hydrogen (secondary N) is 4. The van der Waals surface area contributed by atoms with Gasteiger partial charge in [0, 0.05) is 36.9 Å². The Kier molecular flexibility index (Phi) is 13.8. The molecule has 0 aliphatic carbocycles. The maximum Gasteiger partial charge on any atom is 0.490 e. The third-order valence-electron chi connectivity index (χ3n) is 5.52. The van der Waals surface area contributed by atoms with E-state index in [1.807, 2.05) is 0 Å². The lowest BCUT2D eigenvalue weighted by Crippen LogP contribution is -2.45. The van der Waals surface area contributed by atoms with E-state index in [4.69, 9.17) is 19.4 Å². The van der Waals surface area contributed by atoms with Gasteiger partial charge in [-0.2, -0.15) is 13.2 Å². The highest BCUT2D eigenvalue weighted by atomic mass is 19.4. The lowest BCUT2D eigenvalue weighted by Gasteiger charge is -2.13. The fraction of sp³-hybridized carbons (Fsp3) is 0.320. The molecule has 1 atom stereocenters. The van der Waals surface area contributed by atoms with Crippen LogP contribution in [0.2, 0.25) is 0 Å². The van der Waals surface area contributed by atoms with Gasteiger partial charge in [-0.05, 0) is 48.4 Å². The lowest BCUT2D eigenvalue weighted by molar-refractivity contribution is -0.385. The van der Waals surface area contributed by atoms with E-state index < -0.39 is 52.6 Å². The molecule has 0 unspecified atom stereocenters. The van der Waals surface area contributed by atoms with Crippen molar-refractivity contribution in [3.05, 3.63) is 79.9 Å². The molecule has 2 aromatic rings. The van der Waals surface area contributed by atoms with E-state index >= 15 is 0 Å². The molecular formula is C25H26F3N7O11. The van der Waals surface area contributed by atoms with Crippen LogP contribution in [0.25, 0.3) is 0 Å². The summed E-state index contributed by atoms with van der Waals surface area (Å²) in [5.41, 5.74) is 0.685. The Morgan fingerprint density at radius 3 is 1.67 bits per heavy atom. The number of halogens is 3. The van der Waals surface area contributed by atoms with E-state index in [1.165, 1.54) is 48.5 Å². The van der Waals surface area contributed by atoms with Crippen LogP contribution in [-0.4, -0.2) is 76.8 Å². The number of aliphatic imine (C=N–C) groups is 1. The molecule has 0 spiro atoms. The second-order valence-electron chi connectivity index (χ2n) is 8.97. The van der Waals surface area contributed by atoms with E-state index in [2.05, 4.69) is 26.3 Å². The fourth-order valence-corrected chi connectivity index (χ4v) is 3.30. The maximum atomic E-state index is 12.3. The number of carbonyl (C=O) groups is 4. The van der Waals surface area contributed by atoms with Gasteiger partial charge in [-0.25, -0.2) is 19.4 Å². The summed E-state index contributed by atoms with van der Waals surface area (Å²) in [5, 5.41) is 38.9. The average Bonchev–Trinajstić information content (AvgIpc) is 3.51. The van der Waals surface area contributed by atoms with Gasteiger partial charge < -0.3 is 25.2 Å². The van der Waals surface area contributed by atoms with Crippen LogP contribution in [0.15, 0.2) is 53.5 Å². The first-order valence-electron chi connectivity index (χ1n) is 12.8. The number of guanidine groups is 1. The monoisotopic (exact) mass is 657 g/mol. The quantitative estimate of drug-likeness (QED) is 0.113. The number of nitro groups is 2. The molecule has 1 heterocycles. The number of amides is 3. The summed E-state index contributed by atoms with van der Waals surface area (Å²) >= 11 is 0. The number of alkyl carbamates (subject to hydrolysis) is 2. The smallest absolute Gasteiger partial charge is 0.475 e. The van der Waals surface area contributed by atoms with Gasteiger partial charge in [-0.3, -0.25) is 35.7 Å². The van der Waals surface area contributed by atoms with Crippen LogP contribution in [0.5, 0.6) is 0 Å². The molecule has 248 valence electrons. The fourth-order valence-electron chi connectivity index (χ4n) is 3.30. The predicted molar refractivity (Wildman–Crippen MR) is 148 cm³/mol. The van der Waals surface area contributed by atoms with Crippen LogP contribution in [0, 0.1) is 20.2 Å². The number of alkyl halides is 3. The molecule has 0 bridgehead atoms. The number of carboxylic acid groups (broad SMARTS) is 1. The highest BCUT2D eigenvalue weighted by molar-refractivity contribution is 6.02. The zero-order valence-corrected chi connectivity index (χ0v) is 23.4. The van der Waals surface area contributed by atoms with Crippen molar-refractivity contribution in [3.63, 3.8) is 0 Å². The van der Waals surface area contributed by atoms with Gasteiger partial charge in [0.1, 0.15) is 19.8 Å². The normalized spacial score (nSPS) is 13.6. The Bertz CT molecular complexity index is 1350. The first-order valence-corrected chi connectivity index (χ1v) is 12.8. The van der Waals surface area contributed by atoms with E-state index in [0.717, 1.165) is 13.0 Å². The lowest BCUT2D eigenvalue weighted by atomic mass is 10.2. The van der Waals surface area contributed by atoms with E-state index in [0.29, 0.717) is 17.7 Å². The maximum absolute atomic E-state index is 12.3. The second-order valence-corrected chi connectivity index (χ2v) is 8.97. The molecule has 0 radical (unpaired) electrons. The summed E-state index contributed by atoms with van der Waals surface area (Å²) in [6, 6.07) is 10.6. The standard InChI is InChI=1S/C23H25N7O9.C2HF3O2/c31-20(26-17-9-10-24-11-17)12-25-21(27-22(32)38-13-15-1-5-18(6-2-15)29(34)35)28-23(33)39-14-16-3-7-19(8-4-16)30(36)37;3-2(4,5)1(6)7/h1-8,17,24H,9-14H2,(H,26,31)(H2,25,27,28,32,33);(H,6,7)/t17-;/m0./s1. The first kappa shape index (κ1) is 36.3. The molecule has 0 aromatic heterocycles. The molecule has 1 aliphatic rings. The molecule has 0 saturated carbocycles. The van der Waals surface area contributed by atoms with Crippen molar-refractivity contribution in [2.75, 3.05) is 19.6 Å². The van der Waals surface area contributed by atoms with Gasteiger partial charge in [0.2, 0.25) is 11.9 Å². The summed E-state index contributed by atoms with van der Waals surface area (Å²) in [7, 11) is 0. The van der Waals surface area contributed by atoms with Gasteiger partial charge in [0.15, 0.2) is 0 Å². The molecule has 3 amide bonds. The number of aliphatic carboxylic acids is 1. The average molecular weight is 658 g/mol. The summed E-state index contributed by atoms with van der Waals surface area (Å²) < 4.78 is 41.9. The number of non-ortho nitro benzene ring substituents is 2. The van der Waals surface area contributed by atoms with Crippen LogP contribution < -0.4 is 21.3 Å². The van der Waals surface area contributed by atoms with Crippen LogP contribution in [-0.2, 0) is 32.3 Å². The summed E-state index contributed by atoms with van der Waals surface area (Å²) in [6.45, 7) is 0.483. The molecule has 5 N–H and O–H groups in total. The molecule has 1 fully saturated rings. The zero-order valence-electron chi connectivity index (χ0n) is 23.4. The van der Waals surface area contributed by atoms with Gasteiger partial charge in [-0.1, -0.05) is 0 Å². The molecule has 1 aliphatic heterocycles. The molecule has 21 heteroatoms. The summed E-state index contributed by atoms with van der Waals surface area (Å²) in [4.78, 5) is 70.0. The number of nitro benzene ring substituents is 2. The SMILES string of the molecule is O=C(CN=C(NC(=O)OCc1ccc([N+](=O)[O-])cc1)NC(=O)OCc1ccc([N+](=O)[O-])cc1)N[C@H]1CCNC1.O=C(O)C(F)(F)F. The number of carboxylic acids is 1. The summed E-state index contributed by atoms with van der Waals surface area (Å²) in [6.07, 6.45) is -6.38. The second kappa shape index (κ2) is 17.4. The number of nitrogens with zero attached hydrogens (tertiary/aromatic N) is 3. The van der Waals surface area contributed by atoms with Crippen molar-refractivity contribution in [3.8, 4) is 0 Å². The molecule has 2 aromatic carbocycles. The van der Waals surface area contributed by atoms with E-state index in [-0.39, 0.29) is 30.6 Å². The van der Waals surface area contributed by atoms with Gasteiger partial charge >= 0.3 is 24.3 Å². The number of hydrogen-bond acceptors (Lipinski definition) is 12. The number of ether oxygens (including phenoxy) is 2. The third-order valence-corrected chi connectivity index (χ3v) is 5.52.